The first-order valence-electron chi connectivity index (χ1n) is 7.16. The van der Waals surface area contributed by atoms with E-state index in [1.54, 1.807) is 0 Å². The number of amides is 1. The SMILES string of the molecule is O=C(Nc1cccc(-c2nc3ccccc3[nH]2)c1)C1CC1. The molecular formula is C17H15N3O. The van der Waals surface area contributed by atoms with Crippen molar-refractivity contribution in [3.63, 3.8) is 0 Å². The number of H-pyrrole nitrogens is 1. The molecule has 1 aromatic heterocycles. The van der Waals surface area contributed by atoms with Crippen molar-refractivity contribution in [3.05, 3.63) is 48.5 Å². The molecule has 1 fully saturated rings. The molecule has 0 atom stereocenters. The predicted molar refractivity (Wildman–Crippen MR) is 82.9 cm³/mol. The number of anilines is 1. The number of aromatic amines is 1. The van der Waals surface area contributed by atoms with E-state index in [1.165, 1.54) is 0 Å². The van der Waals surface area contributed by atoms with Crippen molar-refractivity contribution < 1.29 is 4.79 Å². The van der Waals surface area contributed by atoms with Crippen LogP contribution in [0.2, 0.25) is 0 Å². The molecule has 0 radical (unpaired) electrons. The zero-order valence-electron chi connectivity index (χ0n) is 11.5. The number of nitrogens with one attached hydrogen (secondary N) is 2. The fraction of sp³-hybridized carbons (Fsp3) is 0.176. The number of imidazole rings is 1. The summed E-state index contributed by atoms with van der Waals surface area (Å²) in [5, 5.41) is 2.97. The van der Waals surface area contributed by atoms with Crippen molar-refractivity contribution in [1.82, 2.24) is 9.97 Å². The van der Waals surface area contributed by atoms with Crippen molar-refractivity contribution in [1.29, 1.82) is 0 Å². The molecule has 1 saturated carbocycles. The van der Waals surface area contributed by atoms with Crippen LogP contribution < -0.4 is 5.32 Å². The van der Waals surface area contributed by atoms with Gasteiger partial charge in [-0.3, -0.25) is 4.79 Å². The van der Waals surface area contributed by atoms with Gasteiger partial charge in [0.05, 0.1) is 11.0 Å². The minimum absolute atomic E-state index is 0.122. The van der Waals surface area contributed by atoms with E-state index in [1.807, 2.05) is 48.5 Å². The van der Waals surface area contributed by atoms with E-state index in [-0.39, 0.29) is 11.8 Å². The maximum atomic E-state index is 11.8. The van der Waals surface area contributed by atoms with Crippen molar-refractivity contribution in [2.24, 2.45) is 5.92 Å². The van der Waals surface area contributed by atoms with Crippen LogP contribution in [0.4, 0.5) is 5.69 Å². The number of aromatic nitrogens is 2. The van der Waals surface area contributed by atoms with Crippen LogP contribution >= 0.6 is 0 Å². The van der Waals surface area contributed by atoms with Gasteiger partial charge in [0.15, 0.2) is 0 Å². The molecular weight excluding hydrogens is 262 g/mol. The highest BCUT2D eigenvalue weighted by molar-refractivity contribution is 5.94. The van der Waals surface area contributed by atoms with Gasteiger partial charge >= 0.3 is 0 Å². The number of hydrogen-bond donors (Lipinski definition) is 2. The number of rotatable bonds is 3. The molecule has 1 aliphatic rings. The molecule has 0 unspecified atom stereocenters. The average Bonchev–Trinajstić information content (AvgIpc) is 3.26. The van der Waals surface area contributed by atoms with Gasteiger partial charge < -0.3 is 10.3 Å². The lowest BCUT2D eigenvalue weighted by molar-refractivity contribution is -0.117. The summed E-state index contributed by atoms with van der Waals surface area (Å²) in [6.07, 6.45) is 2.02. The fourth-order valence-corrected chi connectivity index (χ4v) is 2.42. The normalized spacial score (nSPS) is 14.3. The van der Waals surface area contributed by atoms with Crippen LogP contribution in [0.5, 0.6) is 0 Å². The van der Waals surface area contributed by atoms with Crippen LogP contribution in [0.3, 0.4) is 0 Å². The molecule has 0 saturated heterocycles. The summed E-state index contributed by atoms with van der Waals surface area (Å²) in [4.78, 5) is 19.7. The van der Waals surface area contributed by atoms with Gasteiger partial charge in [-0.1, -0.05) is 24.3 Å². The molecule has 4 rings (SSSR count). The highest BCUT2D eigenvalue weighted by Crippen LogP contribution is 2.30. The van der Waals surface area contributed by atoms with Crippen LogP contribution in [0.1, 0.15) is 12.8 Å². The summed E-state index contributed by atoms with van der Waals surface area (Å²) >= 11 is 0. The first-order chi connectivity index (χ1) is 10.3. The Morgan fingerprint density at radius 3 is 2.81 bits per heavy atom. The lowest BCUT2D eigenvalue weighted by Gasteiger charge is -2.05. The van der Waals surface area contributed by atoms with Gasteiger partial charge in [-0.25, -0.2) is 4.98 Å². The van der Waals surface area contributed by atoms with Crippen LogP contribution in [0, 0.1) is 5.92 Å². The summed E-state index contributed by atoms with van der Waals surface area (Å²) in [5.41, 5.74) is 3.75. The summed E-state index contributed by atoms with van der Waals surface area (Å²) in [5.74, 6) is 1.15. The molecule has 1 amide bonds. The molecule has 3 aromatic rings. The average molecular weight is 277 g/mol. The molecule has 0 aliphatic heterocycles. The Morgan fingerprint density at radius 1 is 1.14 bits per heavy atom. The van der Waals surface area contributed by atoms with E-state index in [0.29, 0.717) is 0 Å². The lowest BCUT2D eigenvalue weighted by Crippen LogP contribution is -2.13. The van der Waals surface area contributed by atoms with E-state index < -0.39 is 0 Å². The van der Waals surface area contributed by atoms with Gasteiger partial charge in [0.2, 0.25) is 5.91 Å². The second-order valence-corrected chi connectivity index (χ2v) is 5.45. The third-order valence-electron chi connectivity index (χ3n) is 3.74. The summed E-state index contributed by atoms with van der Waals surface area (Å²) < 4.78 is 0. The second kappa shape index (κ2) is 4.74. The molecule has 2 N–H and O–H groups in total. The van der Waals surface area contributed by atoms with E-state index >= 15 is 0 Å². The Kier molecular flexibility index (Phi) is 2.74. The van der Waals surface area contributed by atoms with E-state index in [2.05, 4.69) is 15.3 Å². The Hall–Kier alpha value is -2.62. The molecule has 4 heteroatoms. The van der Waals surface area contributed by atoms with Gasteiger partial charge in [-0.15, -0.1) is 0 Å². The highest BCUT2D eigenvalue weighted by Gasteiger charge is 2.29. The Labute approximate surface area is 122 Å². The summed E-state index contributed by atoms with van der Waals surface area (Å²) in [6, 6.07) is 15.7. The number of nitrogens with zero attached hydrogens (tertiary/aromatic N) is 1. The van der Waals surface area contributed by atoms with Crippen molar-refractivity contribution in [3.8, 4) is 11.4 Å². The maximum Gasteiger partial charge on any atom is 0.227 e. The van der Waals surface area contributed by atoms with Gasteiger partial charge in [-0.05, 0) is 37.1 Å². The molecule has 2 aromatic carbocycles. The molecule has 21 heavy (non-hydrogen) atoms. The summed E-state index contributed by atoms with van der Waals surface area (Å²) in [7, 11) is 0. The Balaban J connectivity index is 1.66. The molecule has 4 nitrogen and oxygen atoms in total. The quantitative estimate of drug-likeness (QED) is 0.768. The third-order valence-corrected chi connectivity index (χ3v) is 3.74. The number of carbonyl (C=O) groups is 1. The zero-order valence-corrected chi connectivity index (χ0v) is 11.5. The smallest absolute Gasteiger partial charge is 0.227 e. The van der Waals surface area contributed by atoms with Crippen LogP contribution in [-0.4, -0.2) is 15.9 Å². The lowest BCUT2D eigenvalue weighted by atomic mass is 10.2. The topological polar surface area (TPSA) is 57.8 Å². The van der Waals surface area contributed by atoms with Crippen LogP contribution in [0.15, 0.2) is 48.5 Å². The largest absolute Gasteiger partial charge is 0.338 e. The molecule has 104 valence electrons. The Morgan fingerprint density at radius 2 is 2.00 bits per heavy atom. The minimum Gasteiger partial charge on any atom is -0.338 e. The van der Waals surface area contributed by atoms with Crippen molar-refractivity contribution >= 4 is 22.6 Å². The second-order valence-electron chi connectivity index (χ2n) is 5.45. The summed E-state index contributed by atoms with van der Waals surface area (Å²) in [6.45, 7) is 0. The van der Waals surface area contributed by atoms with E-state index in [4.69, 9.17) is 0 Å². The molecule has 0 bridgehead atoms. The number of fused-ring (bicyclic) bond motifs is 1. The first-order valence-corrected chi connectivity index (χ1v) is 7.16. The number of para-hydroxylation sites is 2. The molecule has 1 aliphatic carbocycles. The number of benzene rings is 2. The van der Waals surface area contributed by atoms with Gasteiger partial charge in [0, 0.05) is 17.2 Å². The standard InChI is InChI=1S/C17H15N3O/c21-17(11-8-9-11)18-13-5-3-4-12(10-13)16-19-14-6-1-2-7-15(14)20-16/h1-7,10-11H,8-9H2,(H,18,21)(H,19,20). The highest BCUT2D eigenvalue weighted by atomic mass is 16.2. The van der Waals surface area contributed by atoms with Gasteiger partial charge in [-0.2, -0.15) is 0 Å². The van der Waals surface area contributed by atoms with Gasteiger partial charge in [0.25, 0.3) is 0 Å². The van der Waals surface area contributed by atoms with Gasteiger partial charge in [0.1, 0.15) is 5.82 Å². The van der Waals surface area contributed by atoms with E-state index in [9.17, 15) is 4.79 Å². The van der Waals surface area contributed by atoms with Crippen molar-refractivity contribution in [2.75, 3.05) is 5.32 Å². The van der Waals surface area contributed by atoms with Crippen LogP contribution in [-0.2, 0) is 4.79 Å². The number of carbonyl (C=O) groups excluding carboxylic acids is 1. The van der Waals surface area contributed by atoms with E-state index in [0.717, 1.165) is 41.0 Å². The fourth-order valence-electron chi connectivity index (χ4n) is 2.42. The first kappa shape index (κ1) is 12.1. The zero-order chi connectivity index (χ0) is 14.2. The Bertz CT molecular complexity index is 785. The maximum absolute atomic E-state index is 11.8. The molecule has 1 heterocycles. The molecule has 0 spiro atoms. The number of hydrogen-bond acceptors (Lipinski definition) is 2. The van der Waals surface area contributed by atoms with Crippen LogP contribution in [0.25, 0.3) is 22.4 Å². The third kappa shape index (κ3) is 2.40. The monoisotopic (exact) mass is 277 g/mol. The minimum atomic E-state index is 0.122. The van der Waals surface area contributed by atoms with Crippen molar-refractivity contribution in [2.45, 2.75) is 12.8 Å². The predicted octanol–water partition coefficient (Wildman–Crippen LogP) is 3.58.